The minimum atomic E-state index is 0.0839. The van der Waals surface area contributed by atoms with Crippen LogP contribution in [-0.2, 0) is 4.79 Å². The van der Waals surface area contributed by atoms with Gasteiger partial charge in [0.2, 0.25) is 5.91 Å². The van der Waals surface area contributed by atoms with Crippen LogP contribution in [0.1, 0.15) is 40.0 Å². The SMILES string of the molecule is CCNC(=NCCCSc1nccs1)NC1CCN(C(=O)C(C)C)CC1. The zero-order chi connectivity index (χ0) is 18.8. The van der Waals surface area contributed by atoms with Crippen molar-refractivity contribution in [1.29, 1.82) is 0 Å². The number of thiazole rings is 1. The Bertz CT molecular complexity index is 554. The summed E-state index contributed by atoms with van der Waals surface area (Å²) in [6, 6.07) is 0.383. The number of nitrogens with zero attached hydrogens (tertiary/aromatic N) is 3. The number of likely N-dealkylation sites (tertiary alicyclic amines) is 1. The first-order valence-corrected chi connectivity index (χ1v) is 11.3. The second-order valence-electron chi connectivity index (χ2n) is 6.66. The molecule has 1 fully saturated rings. The number of carbonyl (C=O) groups excluding carboxylic acids is 1. The van der Waals surface area contributed by atoms with Crippen molar-refractivity contribution in [2.75, 3.05) is 31.9 Å². The Kier molecular flexibility index (Phi) is 9.25. The van der Waals surface area contributed by atoms with Crippen LogP contribution in [0.2, 0.25) is 0 Å². The molecule has 146 valence electrons. The number of aromatic nitrogens is 1. The number of aliphatic imine (C=N–C) groups is 1. The molecule has 0 aromatic carbocycles. The van der Waals surface area contributed by atoms with Crippen LogP contribution in [0.5, 0.6) is 0 Å². The van der Waals surface area contributed by atoms with Crippen molar-refractivity contribution in [3.05, 3.63) is 11.6 Å². The molecule has 0 spiro atoms. The summed E-state index contributed by atoms with van der Waals surface area (Å²) in [5, 5.41) is 8.87. The maximum Gasteiger partial charge on any atom is 0.225 e. The Hall–Kier alpha value is -1.28. The van der Waals surface area contributed by atoms with E-state index in [2.05, 4.69) is 22.5 Å². The van der Waals surface area contributed by atoms with Crippen LogP contribution in [0.25, 0.3) is 0 Å². The minimum absolute atomic E-state index is 0.0839. The van der Waals surface area contributed by atoms with Gasteiger partial charge in [0, 0.05) is 55.5 Å². The van der Waals surface area contributed by atoms with E-state index in [9.17, 15) is 4.79 Å². The maximum absolute atomic E-state index is 12.1. The van der Waals surface area contributed by atoms with Crippen molar-refractivity contribution in [1.82, 2.24) is 20.5 Å². The van der Waals surface area contributed by atoms with E-state index in [-0.39, 0.29) is 11.8 Å². The topological polar surface area (TPSA) is 69.6 Å². The Morgan fingerprint density at radius 2 is 2.23 bits per heavy atom. The smallest absolute Gasteiger partial charge is 0.225 e. The lowest BCUT2D eigenvalue weighted by Crippen LogP contribution is -2.50. The summed E-state index contributed by atoms with van der Waals surface area (Å²) < 4.78 is 1.13. The molecular weight excluding hydrogens is 366 g/mol. The van der Waals surface area contributed by atoms with Gasteiger partial charge in [-0.3, -0.25) is 9.79 Å². The van der Waals surface area contributed by atoms with Crippen LogP contribution in [-0.4, -0.2) is 59.7 Å². The Balaban J connectivity index is 1.70. The molecule has 1 aromatic heterocycles. The molecule has 1 saturated heterocycles. The van der Waals surface area contributed by atoms with Crippen LogP contribution >= 0.6 is 23.1 Å². The fraction of sp³-hybridized carbons (Fsp3) is 0.722. The van der Waals surface area contributed by atoms with Crippen molar-refractivity contribution < 1.29 is 4.79 Å². The molecule has 1 aliphatic heterocycles. The van der Waals surface area contributed by atoms with E-state index in [0.717, 1.165) is 61.5 Å². The molecule has 1 aliphatic rings. The summed E-state index contributed by atoms with van der Waals surface area (Å²) in [6.45, 7) is 9.34. The average molecular weight is 398 g/mol. The molecule has 2 rings (SSSR count). The van der Waals surface area contributed by atoms with Gasteiger partial charge in [0.25, 0.3) is 0 Å². The summed E-state index contributed by atoms with van der Waals surface area (Å²) in [7, 11) is 0. The van der Waals surface area contributed by atoms with E-state index in [4.69, 9.17) is 4.99 Å². The van der Waals surface area contributed by atoms with E-state index in [0.29, 0.717) is 6.04 Å². The van der Waals surface area contributed by atoms with Crippen LogP contribution in [0.4, 0.5) is 0 Å². The number of hydrogen-bond acceptors (Lipinski definition) is 5. The molecule has 2 N–H and O–H groups in total. The van der Waals surface area contributed by atoms with Crippen LogP contribution in [0.3, 0.4) is 0 Å². The predicted molar refractivity (Wildman–Crippen MR) is 111 cm³/mol. The number of guanidine groups is 1. The van der Waals surface area contributed by atoms with Gasteiger partial charge in [-0.15, -0.1) is 11.3 Å². The van der Waals surface area contributed by atoms with Gasteiger partial charge >= 0.3 is 0 Å². The van der Waals surface area contributed by atoms with Crippen molar-refractivity contribution >= 4 is 35.0 Å². The summed E-state index contributed by atoms with van der Waals surface area (Å²) in [6.07, 6.45) is 4.83. The summed E-state index contributed by atoms with van der Waals surface area (Å²) in [5.41, 5.74) is 0. The van der Waals surface area contributed by atoms with Gasteiger partial charge in [-0.2, -0.15) is 0 Å². The molecule has 0 atom stereocenters. The van der Waals surface area contributed by atoms with Gasteiger partial charge in [-0.25, -0.2) is 4.98 Å². The van der Waals surface area contributed by atoms with E-state index in [1.54, 1.807) is 23.1 Å². The van der Waals surface area contributed by atoms with Crippen LogP contribution in [0.15, 0.2) is 20.9 Å². The fourth-order valence-corrected chi connectivity index (χ4v) is 4.45. The second-order valence-corrected chi connectivity index (χ2v) is 8.90. The number of thioether (sulfide) groups is 1. The number of hydrogen-bond donors (Lipinski definition) is 2. The highest BCUT2D eigenvalue weighted by molar-refractivity contribution is 8.00. The van der Waals surface area contributed by atoms with Gasteiger partial charge in [0.05, 0.1) is 0 Å². The monoisotopic (exact) mass is 397 g/mol. The zero-order valence-electron chi connectivity index (χ0n) is 16.0. The van der Waals surface area contributed by atoms with Gasteiger partial charge < -0.3 is 15.5 Å². The third-order valence-corrected chi connectivity index (χ3v) is 6.25. The van der Waals surface area contributed by atoms with E-state index in [1.807, 2.05) is 30.3 Å². The summed E-state index contributed by atoms with van der Waals surface area (Å²) >= 11 is 3.48. The van der Waals surface area contributed by atoms with E-state index in [1.165, 1.54) is 0 Å². The average Bonchev–Trinajstić information content (AvgIpc) is 3.15. The predicted octanol–water partition coefficient (Wildman–Crippen LogP) is 2.83. The van der Waals surface area contributed by atoms with E-state index < -0.39 is 0 Å². The van der Waals surface area contributed by atoms with Crippen molar-refractivity contribution in [3.63, 3.8) is 0 Å². The highest BCUT2D eigenvalue weighted by atomic mass is 32.2. The first-order chi connectivity index (χ1) is 12.6. The lowest BCUT2D eigenvalue weighted by molar-refractivity contribution is -0.135. The highest BCUT2D eigenvalue weighted by Gasteiger charge is 2.24. The molecular formula is C18H31N5OS2. The van der Waals surface area contributed by atoms with E-state index >= 15 is 0 Å². The largest absolute Gasteiger partial charge is 0.357 e. The van der Waals surface area contributed by atoms with Gasteiger partial charge in [-0.05, 0) is 26.2 Å². The molecule has 0 bridgehead atoms. The molecule has 0 aliphatic carbocycles. The lowest BCUT2D eigenvalue weighted by atomic mass is 10.0. The number of nitrogens with one attached hydrogen (secondary N) is 2. The quantitative estimate of drug-likeness (QED) is 0.305. The summed E-state index contributed by atoms with van der Waals surface area (Å²) in [5.74, 6) is 2.27. The molecule has 1 aromatic rings. The first kappa shape index (κ1) is 21.0. The summed E-state index contributed by atoms with van der Waals surface area (Å²) in [4.78, 5) is 23.0. The Morgan fingerprint density at radius 1 is 1.46 bits per heavy atom. The second kappa shape index (κ2) is 11.4. The van der Waals surface area contributed by atoms with Gasteiger partial charge in [0.1, 0.15) is 4.34 Å². The number of piperidine rings is 1. The third-order valence-electron chi connectivity index (χ3n) is 4.19. The zero-order valence-corrected chi connectivity index (χ0v) is 17.7. The molecule has 6 nitrogen and oxygen atoms in total. The molecule has 26 heavy (non-hydrogen) atoms. The van der Waals surface area contributed by atoms with Gasteiger partial charge in [-0.1, -0.05) is 25.6 Å². The fourth-order valence-electron chi connectivity index (χ4n) is 2.82. The molecule has 0 unspecified atom stereocenters. The normalized spacial score (nSPS) is 16.2. The lowest BCUT2D eigenvalue weighted by Gasteiger charge is -2.34. The molecule has 0 saturated carbocycles. The number of carbonyl (C=O) groups is 1. The Morgan fingerprint density at radius 3 is 2.85 bits per heavy atom. The molecule has 0 radical (unpaired) electrons. The molecule has 1 amide bonds. The molecule has 8 heteroatoms. The number of rotatable bonds is 8. The maximum atomic E-state index is 12.1. The standard InChI is InChI=1S/C18H31N5OS2/c1-4-19-17(20-8-5-12-25-18-21-9-13-26-18)22-15-6-10-23(11-7-15)16(24)14(2)3/h9,13-15H,4-8,10-12H2,1-3H3,(H2,19,20,22). The third kappa shape index (κ3) is 7.15. The van der Waals surface area contributed by atoms with Crippen molar-refractivity contribution in [2.45, 2.75) is 50.4 Å². The van der Waals surface area contributed by atoms with Gasteiger partial charge in [0.15, 0.2) is 5.96 Å². The highest BCUT2D eigenvalue weighted by Crippen LogP contribution is 2.20. The minimum Gasteiger partial charge on any atom is -0.357 e. The van der Waals surface area contributed by atoms with Crippen molar-refractivity contribution in [3.8, 4) is 0 Å². The van der Waals surface area contributed by atoms with Crippen LogP contribution < -0.4 is 10.6 Å². The first-order valence-electron chi connectivity index (χ1n) is 9.46. The van der Waals surface area contributed by atoms with Crippen LogP contribution in [0, 0.1) is 5.92 Å². The number of amides is 1. The van der Waals surface area contributed by atoms with Crippen molar-refractivity contribution in [2.24, 2.45) is 10.9 Å². The molecule has 2 heterocycles. The Labute approximate surface area is 165 Å².